The summed E-state index contributed by atoms with van der Waals surface area (Å²) in [6, 6.07) is 16.5. The molecule has 0 fully saturated rings. The zero-order chi connectivity index (χ0) is 14.4. The number of hydrogen-bond acceptors (Lipinski definition) is 3. The van der Waals surface area contributed by atoms with Gasteiger partial charge in [0.25, 0.3) is 0 Å². The second-order valence-corrected chi connectivity index (χ2v) is 6.01. The maximum atomic E-state index is 12.4. The lowest BCUT2D eigenvalue weighted by Crippen LogP contribution is -2.12. The van der Waals surface area contributed by atoms with E-state index in [9.17, 15) is 9.46 Å². The first-order valence-corrected chi connectivity index (χ1v) is 7.84. The van der Waals surface area contributed by atoms with Gasteiger partial charge in [-0.1, -0.05) is 48.5 Å². The second-order valence-electron chi connectivity index (χ2n) is 4.23. The van der Waals surface area contributed by atoms with Gasteiger partial charge in [-0.2, -0.15) is 0 Å². The summed E-state index contributed by atoms with van der Waals surface area (Å²) >= 11 is 0. The van der Waals surface area contributed by atoms with Crippen molar-refractivity contribution >= 4 is 12.9 Å². The van der Waals surface area contributed by atoms with E-state index in [2.05, 4.69) is 0 Å². The lowest BCUT2D eigenvalue weighted by atomic mass is 10.1. The molecule has 1 N–H and O–H groups in total. The van der Waals surface area contributed by atoms with E-state index < -0.39 is 7.60 Å². The second kappa shape index (κ2) is 6.82. The van der Waals surface area contributed by atoms with Crippen molar-refractivity contribution in [1.82, 2.24) is 0 Å². The molecule has 0 heterocycles. The largest absolute Gasteiger partial charge is 0.382 e. The Kier molecular flexibility index (Phi) is 5.10. The Morgan fingerprint density at radius 1 is 1.00 bits per heavy atom. The van der Waals surface area contributed by atoms with Crippen molar-refractivity contribution in [1.29, 1.82) is 0 Å². The number of hydrogen-bond donors (Lipinski definition) is 1. The van der Waals surface area contributed by atoms with E-state index in [1.807, 2.05) is 42.5 Å². The van der Waals surface area contributed by atoms with Gasteiger partial charge in [-0.25, -0.2) is 0 Å². The first kappa shape index (κ1) is 14.9. The first-order valence-electron chi connectivity index (χ1n) is 6.26. The van der Waals surface area contributed by atoms with Crippen LogP contribution in [-0.2, 0) is 13.8 Å². The number of methoxy groups -OCH3 is 1. The Labute approximate surface area is 118 Å². The molecule has 1 atom stereocenters. The number of rotatable bonds is 6. The SMILES string of the molecule is COCCOP(=O)(O)c1ccccc1-c1ccccc1. The fourth-order valence-electron chi connectivity index (χ4n) is 1.90. The molecule has 0 bridgehead atoms. The van der Waals surface area contributed by atoms with Crippen LogP contribution in [0.15, 0.2) is 54.6 Å². The van der Waals surface area contributed by atoms with Gasteiger partial charge in [0.2, 0.25) is 0 Å². The smallest absolute Gasteiger partial charge is 0.359 e. The Bertz CT molecular complexity index is 598. The molecule has 0 aliphatic rings. The highest BCUT2D eigenvalue weighted by Gasteiger charge is 2.26. The molecule has 0 spiro atoms. The lowest BCUT2D eigenvalue weighted by Gasteiger charge is -2.16. The van der Waals surface area contributed by atoms with Gasteiger partial charge < -0.3 is 14.2 Å². The Morgan fingerprint density at radius 3 is 2.35 bits per heavy atom. The summed E-state index contributed by atoms with van der Waals surface area (Å²) in [5.74, 6) is 0. The minimum absolute atomic E-state index is 0.0768. The normalized spacial score (nSPS) is 13.9. The third kappa shape index (κ3) is 3.56. The Morgan fingerprint density at radius 2 is 1.65 bits per heavy atom. The van der Waals surface area contributed by atoms with E-state index >= 15 is 0 Å². The van der Waals surface area contributed by atoms with Crippen LogP contribution in [0.3, 0.4) is 0 Å². The van der Waals surface area contributed by atoms with Crippen LogP contribution in [0.1, 0.15) is 0 Å². The molecule has 1 unspecified atom stereocenters. The summed E-state index contributed by atoms with van der Waals surface area (Å²) in [6.45, 7) is 0.353. The molecule has 0 saturated carbocycles. The van der Waals surface area contributed by atoms with Gasteiger partial charge in [-0.05, 0) is 17.2 Å². The standard InChI is InChI=1S/C15H17O4P/c1-18-11-12-19-20(16,17)15-10-6-5-9-14(15)13-7-3-2-4-8-13/h2-10H,11-12H2,1H3,(H,16,17). The molecule has 0 aromatic heterocycles. The molecule has 0 aliphatic carbocycles. The molecule has 2 rings (SSSR count). The average Bonchev–Trinajstić information content (AvgIpc) is 2.48. The number of ether oxygens (including phenoxy) is 1. The maximum absolute atomic E-state index is 12.4. The van der Waals surface area contributed by atoms with Crippen LogP contribution in [0.5, 0.6) is 0 Å². The molecular formula is C15H17O4P. The first-order chi connectivity index (χ1) is 9.65. The summed E-state index contributed by atoms with van der Waals surface area (Å²) in [7, 11) is -2.34. The molecule has 0 aliphatic heterocycles. The highest BCUT2D eigenvalue weighted by molar-refractivity contribution is 7.61. The van der Waals surface area contributed by atoms with Gasteiger partial charge in [0.1, 0.15) is 0 Å². The van der Waals surface area contributed by atoms with Crippen molar-refractivity contribution in [2.45, 2.75) is 0 Å². The summed E-state index contributed by atoms with van der Waals surface area (Å²) in [6.07, 6.45) is 0. The van der Waals surface area contributed by atoms with E-state index in [4.69, 9.17) is 9.26 Å². The topological polar surface area (TPSA) is 55.8 Å². The summed E-state index contributed by atoms with van der Waals surface area (Å²) < 4.78 is 22.3. The van der Waals surface area contributed by atoms with Gasteiger partial charge in [0.05, 0.1) is 18.5 Å². The van der Waals surface area contributed by atoms with Gasteiger partial charge in [-0.15, -0.1) is 0 Å². The van der Waals surface area contributed by atoms with E-state index in [-0.39, 0.29) is 13.2 Å². The Hall–Kier alpha value is -1.45. The van der Waals surface area contributed by atoms with E-state index in [1.54, 1.807) is 12.1 Å². The van der Waals surface area contributed by atoms with Crippen LogP contribution < -0.4 is 5.30 Å². The van der Waals surface area contributed by atoms with Gasteiger partial charge >= 0.3 is 7.60 Å². The van der Waals surface area contributed by atoms with Crippen LogP contribution >= 0.6 is 7.60 Å². The molecule has 0 saturated heterocycles. The van der Waals surface area contributed by atoms with Crippen molar-refractivity contribution in [2.75, 3.05) is 20.3 Å². The van der Waals surface area contributed by atoms with Crippen LogP contribution in [0.4, 0.5) is 0 Å². The third-order valence-corrected chi connectivity index (χ3v) is 4.38. The zero-order valence-electron chi connectivity index (χ0n) is 11.2. The minimum atomic E-state index is -3.86. The predicted molar refractivity (Wildman–Crippen MR) is 79.2 cm³/mol. The van der Waals surface area contributed by atoms with Crippen molar-refractivity contribution < 1.29 is 18.7 Å². The molecule has 5 heteroatoms. The molecular weight excluding hydrogens is 275 g/mol. The summed E-state index contributed by atoms with van der Waals surface area (Å²) in [5.41, 5.74) is 1.59. The zero-order valence-corrected chi connectivity index (χ0v) is 12.1. The molecule has 20 heavy (non-hydrogen) atoms. The minimum Gasteiger partial charge on any atom is -0.382 e. The van der Waals surface area contributed by atoms with Crippen LogP contribution in [0, 0.1) is 0 Å². The monoisotopic (exact) mass is 292 g/mol. The maximum Gasteiger partial charge on any atom is 0.359 e. The van der Waals surface area contributed by atoms with E-state index in [1.165, 1.54) is 7.11 Å². The third-order valence-electron chi connectivity index (χ3n) is 2.85. The van der Waals surface area contributed by atoms with Gasteiger partial charge in [0.15, 0.2) is 0 Å². The van der Waals surface area contributed by atoms with E-state index in [0.717, 1.165) is 5.56 Å². The Balaban J connectivity index is 2.35. The van der Waals surface area contributed by atoms with Crippen molar-refractivity contribution in [3.8, 4) is 11.1 Å². The molecule has 0 amide bonds. The highest BCUT2D eigenvalue weighted by Crippen LogP contribution is 2.43. The van der Waals surface area contributed by atoms with Gasteiger partial charge in [-0.3, -0.25) is 4.57 Å². The van der Waals surface area contributed by atoms with Crippen LogP contribution in [0.2, 0.25) is 0 Å². The fourth-order valence-corrected chi connectivity index (χ4v) is 3.14. The van der Waals surface area contributed by atoms with Crippen molar-refractivity contribution in [3.05, 3.63) is 54.6 Å². The summed E-state index contributed by atoms with van der Waals surface area (Å²) in [4.78, 5) is 10.1. The van der Waals surface area contributed by atoms with Crippen molar-refractivity contribution in [2.24, 2.45) is 0 Å². The molecule has 2 aromatic carbocycles. The molecule has 0 radical (unpaired) electrons. The average molecular weight is 292 g/mol. The van der Waals surface area contributed by atoms with E-state index in [0.29, 0.717) is 10.9 Å². The van der Waals surface area contributed by atoms with Crippen molar-refractivity contribution in [3.63, 3.8) is 0 Å². The van der Waals surface area contributed by atoms with Crippen LogP contribution in [0.25, 0.3) is 11.1 Å². The van der Waals surface area contributed by atoms with Crippen LogP contribution in [-0.4, -0.2) is 25.2 Å². The lowest BCUT2D eigenvalue weighted by molar-refractivity contribution is 0.140. The highest BCUT2D eigenvalue weighted by atomic mass is 31.2. The molecule has 106 valence electrons. The summed E-state index contributed by atoms with van der Waals surface area (Å²) in [5, 5.41) is 0.308. The van der Waals surface area contributed by atoms with Gasteiger partial charge in [0, 0.05) is 7.11 Å². The molecule has 2 aromatic rings. The quantitative estimate of drug-likeness (QED) is 0.657. The predicted octanol–water partition coefficient (Wildman–Crippen LogP) is 2.83. The fraction of sp³-hybridized carbons (Fsp3) is 0.200. The number of benzene rings is 2. The molecule has 4 nitrogen and oxygen atoms in total.